The van der Waals surface area contributed by atoms with Gasteiger partial charge in [-0.3, -0.25) is 5.10 Å². The fourth-order valence-corrected chi connectivity index (χ4v) is 3.12. The van der Waals surface area contributed by atoms with Crippen LogP contribution in [0, 0.1) is 0 Å². The summed E-state index contributed by atoms with van der Waals surface area (Å²) < 4.78 is 5.99. The molecule has 4 aromatic rings. The minimum atomic E-state index is -0.0499. The summed E-state index contributed by atoms with van der Waals surface area (Å²) in [4.78, 5) is 0. The molecule has 0 spiro atoms. The highest BCUT2D eigenvalue weighted by Crippen LogP contribution is 2.39. The molecule has 4 rings (SSSR count). The Balaban J connectivity index is 1.62. The summed E-state index contributed by atoms with van der Waals surface area (Å²) in [6, 6.07) is 21.0. The zero-order chi connectivity index (χ0) is 19.5. The van der Waals surface area contributed by atoms with Crippen molar-refractivity contribution >= 4 is 0 Å². The first-order valence-electron chi connectivity index (χ1n) is 9.08. The number of aromatic nitrogens is 2. The molecule has 5 nitrogen and oxygen atoms in total. The van der Waals surface area contributed by atoms with Gasteiger partial charge in [-0.2, -0.15) is 5.10 Å². The maximum Gasteiger partial charge on any atom is 0.173 e. The van der Waals surface area contributed by atoms with Gasteiger partial charge in [0.2, 0.25) is 0 Å². The standard InChI is InChI=1S/C23H20N2O3/c1-2-15-12-19(21(27)13-20(15)26)23-22(14-24-25-23)28-18-10-8-17(9-11-18)16-6-4-3-5-7-16/h3-14,26-27H,2H2,1H3,(H,24,25). The Hall–Kier alpha value is -3.73. The van der Waals surface area contributed by atoms with Crippen molar-refractivity contribution in [3.63, 3.8) is 0 Å². The fraction of sp³-hybridized carbons (Fsp3) is 0.0870. The lowest BCUT2D eigenvalue weighted by Crippen LogP contribution is -1.90. The molecule has 0 amide bonds. The van der Waals surface area contributed by atoms with Gasteiger partial charge < -0.3 is 14.9 Å². The summed E-state index contributed by atoms with van der Waals surface area (Å²) in [5.74, 6) is 1.18. The van der Waals surface area contributed by atoms with Crippen molar-refractivity contribution in [2.24, 2.45) is 0 Å². The Morgan fingerprint density at radius 3 is 2.32 bits per heavy atom. The van der Waals surface area contributed by atoms with Gasteiger partial charge in [0.25, 0.3) is 0 Å². The molecule has 1 heterocycles. The molecule has 5 heteroatoms. The van der Waals surface area contributed by atoms with Crippen LogP contribution in [-0.2, 0) is 6.42 Å². The van der Waals surface area contributed by atoms with Crippen molar-refractivity contribution < 1.29 is 14.9 Å². The first-order valence-corrected chi connectivity index (χ1v) is 9.08. The average Bonchev–Trinajstić information content (AvgIpc) is 3.17. The molecular weight excluding hydrogens is 352 g/mol. The molecule has 0 aliphatic carbocycles. The predicted octanol–water partition coefficient (Wildman–Crippen LogP) is 5.51. The van der Waals surface area contributed by atoms with E-state index >= 15 is 0 Å². The highest BCUT2D eigenvalue weighted by Gasteiger charge is 2.17. The quantitative estimate of drug-likeness (QED) is 0.432. The van der Waals surface area contributed by atoms with Gasteiger partial charge in [-0.15, -0.1) is 0 Å². The van der Waals surface area contributed by atoms with E-state index in [0.29, 0.717) is 29.2 Å². The number of ether oxygens (including phenoxy) is 1. The SMILES string of the molecule is CCc1cc(-c2n[nH]cc2Oc2ccc(-c3ccccc3)cc2)c(O)cc1O. The van der Waals surface area contributed by atoms with E-state index in [0.717, 1.165) is 16.7 Å². The van der Waals surface area contributed by atoms with Crippen molar-refractivity contribution in [2.75, 3.05) is 0 Å². The van der Waals surface area contributed by atoms with Gasteiger partial charge in [0.15, 0.2) is 5.75 Å². The lowest BCUT2D eigenvalue weighted by molar-refractivity contribution is 0.446. The van der Waals surface area contributed by atoms with E-state index in [2.05, 4.69) is 22.3 Å². The summed E-state index contributed by atoms with van der Waals surface area (Å²) >= 11 is 0. The summed E-state index contributed by atoms with van der Waals surface area (Å²) in [6.45, 7) is 1.94. The predicted molar refractivity (Wildman–Crippen MR) is 109 cm³/mol. The van der Waals surface area contributed by atoms with E-state index in [1.54, 1.807) is 12.3 Å². The van der Waals surface area contributed by atoms with Crippen molar-refractivity contribution in [1.29, 1.82) is 0 Å². The van der Waals surface area contributed by atoms with Gasteiger partial charge in [-0.05, 0) is 41.3 Å². The Bertz CT molecular complexity index is 1090. The zero-order valence-electron chi connectivity index (χ0n) is 15.4. The number of aryl methyl sites for hydroxylation is 1. The van der Waals surface area contributed by atoms with Crippen LogP contribution in [0.5, 0.6) is 23.0 Å². The number of nitrogens with zero attached hydrogens (tertiary/aromatic N) is 1. The van der Waals surface area contributed by atoms with Crippen molar-refractivity contribution in [1.82, 2.24) is 10.2 Å². The first kappa shape index (κ1) is 17.7. The van der Waals surface area contributed by atoms with Crippen LogP contribution in [0.3, 0.4) is 0 Å². The van der Waals surface area contributed by atoms with Gasteiger partial charge in [0, 0.05) is 11.6 Å². The Morgan fingerprint density at radius 1 is 0.893 bits per heavy atom. The van der Waals surface area contributed by atoms with Crippen LogP contribution in [0.4, 0.5) is 0 Å². The zero-order valence-corrected chi connectivity index (χ0v) is 15.4. The molecule has 0 radical (unpaired) electrons. The lowest BCUT2D eigenvalue weighted by Gasteiger charge is -2.10. The maximum atomic E-state index is 10.3. The molecule has 0 unspecified atom stereocenters. The van der Waals surface area contributed by atoms with E-state index in [1.807, 2.05) is 49.4 Å². The molecule has 0 saturated carbocycles. The molecule has 3 aromatic carbocycles. The molecule has 0 bridgehead atoms. The maximum absolute atomic E-state index is 10.3. The third-order valence-corrected chi connectivity index (χ3v) is 4.63. The van der Waals surface area contributed by atoms with Gasteiger partial charge in [0.05, 0.1) is 6.20 Å². The van der Waals surface area contributed by atoms with Crippen LogP contribution in [0.15, 0.2) is 72.9 Å². The smallest absolute Gasteiger partial charge is 0.173 e. The van der Waals surface area contributed by atoms with Gasteiger partial charge in [0.1, 0.15) is 22.9 Å². The van der Waals surface area contributed by atoms with Gasteiger partial charge >= 0.3 is 0 Å². The van der Waals surface area contributed by atoms with E-state index < -0.39 is 0 Å². The van der Waals surface area contributed by atoms with Crippen LogP contribution in [0.2, 0.25) is 0 Å². The summed E-state index contributed by atoms with van der Waals surface area (Å²) in [6.07, 6.45) is 2.28. The van der Waals surface area contributed by atoms with E-state index in [4.69, 9.17) is 4.74 Å². The minimum Gasteiger partial charge on any atom is -0.508 e. The molecule has 28 heavy (non-hydrogen) atoms. The summed E-state index contributed by atoms with van der Waals surface area (Å²) in [5, 5.41) is 27.2. The molecule has 1 aromatic heterocycles. The van der Waals surface area contributed by atoms with Crippen LogP contribution in [0.25, 0.3) is 22.4 Å². The molecule has 0 atom stereocenters. The minimum absolute atomic E-state index is 0.0499. The molecule has 0 aliphatic heterocycles. The number of hydrogen-bond donors (Lipinski definition) is 3. The molecule has 3 N–H and O–H groups in total. The van der Waals surface area contributed by atoms with Crippen molar-refractivity contribution in [3.05, 3.63) is 78.5 Å². The highest BCUT2D eigenvalue weighted by molar-refractivity contribution is 5.74. The lowest BCUT2D eigenvalue weighted by atomic mass is 10.0. The number of phenolic OH excluding ortho intramolecular Hbond substituents is 2. The van der Waals surface area contributed by atoms with Crippen molar-refractivity contribution in [3.8, 4) is 45.4 Å². The number of aromatic amines is 1. The third kappa shape index (κ3) is 3.42. The molecular formula is C23H20N2O3. The van der Waals surface area contributed by atoms with Crippen molar-refractivity contribution in [2.45, 2.75) is 13.3 Å². The van der Waals surface area contributed by atoms with Crippen LogP contribution in [0.1, 0.15) is 12.5 Å². The summed E-state index contributed by atoms with van der Waals surface area (Å²) in [5.41, 5.74) is 3.96. The molecule has 140 valence electrons. The van der Waals surface area contributed by atoms with Crippen LogP contribution < -0.4 is 4.74 Å². The Kier molecular flexibility index (Phi) is 4.72. The first-order chi connectivity index (χ1) is 13.7. The number of H-pyrrole nitrogens is 1. The number of hydrogen-bond acceptors (Lipinski definition) is 4. The van der Waals surface area contributed by atoms with Crippen LogP contribution >= 0.6 is 0 Å². The number of benzene rings is 3. The highest BCUT2D eigenvalue weighted by atomic mass is 16.5. The molecule has 0 aliphatic rings. The van der Waals surface area contributed by atoms with Crippen LogP contribution in [-0.4, -0.2) is 20.4 Å². The van der Waals surface area contributed by atoms with E-state index in [1.165, 1.54) is 6.07 Å². The number of rotatable bonds is 5. The second kappa shape index (κ2) is 7.48. The Labute approximate surface area is 162 Å². The number of nitrogens with one attached hydrogen (secondary N) is 1. The molecule has 0 fully saturated rings. The second-order valence-electron chi connectivity index (χ2n) is 6.44. The normalized spacial score (nSPS) is 10.8. The van der Waals surface area contributed by atoms with Gasteiger partial charge in [-0.1, -0.05) is 49.4 Å². The Morgan fingerprint density at radius 2 is 1.61 bits per heavy atom. The third-order valence-electron chi connectivity index (χ3n) is 4.63. The van der Waals surface area contributed by atoms with E-state index in [9.17, 15) is 10.2 Å². The molecule has 0 saturated heterocycles. The fourth-order valence-electron chi connectivity index (χ4n) is 3.12. The number of phenols is 2. The number of aromatic hydroxyl groups is 2. The summed E-state index contributed by atoms with van der Waals surface area (Å²) in [7, 11) is 0. The average molecular weight is 372 g/mol. The largest absolute Gasteiger partial charge is 0.508 e. The second-order valence-corrected chi connectivity index (χ2v) is 6.44. The monoisotopic (exact) mass is 372 g/mol. The topological polar surface area (TPSA) is 78.4 Å². The van der Waals surface area contributed by atoms with E-state index in [-0.39, 0.29) is 11.5 Å². The van der Waals surface area contributed by atoms with Gasteiger partial charge in [-0.25, -0.2) is 0 Å².